The number of nitrogens with two attached hydrogens (primary N) is 3. The van der Waals surface area contributed by atoms with Gasteiger partial charge in [-0.05, 0) is 126 Å². The Morgan fingerprint density at radius 2 is 0.753 bits per heavy atom. The minimum absolute atomic E-state index is 0.170. The van der Waals surface area contributed by atoms with Crippen molar-refractivity contribution in [3.63, 3.8) is 0 Å². The summed E-state index contributed by atoms with van der Waals surface area (Å²) >= 11 is 0. The Balaban J connectivity index is 0.000000136. The van der Waals surface area contributed by atoms with Crippen LogP contribution >= 0.6 is 0 Å². The van der Waals surface area contributed by atoms with Crippen molar-refractivity contribution in [1.82, 2.24) is 44.9 Å². The van der Waals surface area contributed by atoms with Crippen LogP contribution in [0.2, 0.25) is 0 Å². The molecule has 21 nitrogen and oxygen atoms in total. The highest BCUT2D eigenvalue weighted by Gasteiger charge is 2.45. The molecule has 3 aliphatic rings. The van der Waals surface area contributed by atoms with Crippen LogP contribution in [0.5, 0.6) is 0 Å². The fourth-order valence-electron chi connectivity index (χ4n) is 9.57. The molecule has 0 saturated heterocycles. The van der Waals surface area contributed by atoms with E-state index in [4.69, 9.17) is 33.0 Å². The molecule has 9 aromatic rings. The quantitative estimate of drug-likeness (QED) is 0.0665. The molecule has 81 heavy (non-hydrogen) atoms. The van der Waals surface area contributed by atoms with Gasteiger partial charge in [0, 0.05) is 88.6 Å². The maximum Gasteiger partial charge on any atom is 0.230 e. The number of pyridine rings is 9. The molecule has 3 aliphatic carbocycles. The second kappa shape index (κ2) is 23.2. The monoisotopic (exact) mass is 1070 g/mol. The minimum Gasteiger partial charge on any atom is -0.383 e. The molecule has 9 aromatic heterocycles. The van der Waals surface area contributed by atoms with Crippen molar-refractivity contribution in [1.29, 1.82) is 15.8 Å². The number of nitrogens with one attached hydrogen (secondary N) is 3. The van der Waals surface area contributed by atoms with Gasteiger partial charge in [0.05, 0.1) is 70.8 Å². The Labute approximate surface area is 465 Å². The normalized spacial score (nSPS) is 18.1. The van der Waals surface area contributed by atoms with Gasteiger partial charge in [0.15, 0.2) is 0 Å². The van der Waals surface area contributed by atoms with Crippen LogP contribution in [-0.2, 0) is 33.6 Å². The smallest absolute Gasteiger partial charge is 0.230 e. The molecule has 6 atom stereocenters. The van der Waals surface area contributed by atoms with E-state index in [1.54, 1.807) is 74.0 Å². The third kappa shape index (κ3) is 11.8. The molecule has 402 valence electrons. The number of nitrogen functional groups attached to an aromatic ring is 3. The van der Waals surface area contributed by atoms with Crippen LogP contribution in [0.3, 0.4) is 0 Å². The zero-order valence-electron chi connectivity index (χ0n) is 44.4. The first-order valence-electron chi connectivity index (χ1n) is 26.4. The van der Waals surface area contributed by atoms with Crippen molar-refractivity contribution in [2.24, 2.45) is 35.5 Å². The lowest BCUT2D eigenvalue weighted by atomic mass is 10.0. The second-order valence-electron chi connectivity index (χ2n) is 19.9. The van der Waals surface area contributed by atoms with Crippen LogP contribution in [0, 0.1) is 69.5 Å². The van der Waals surface area contributed by atoms with Gasteiger partial charge in [-0.15, -0.1) is 0 Å². The fraction of sp³-hybridized carbons (Fsp3) is 0.250. The zero-order chi connectivity index (χ0) is 56.9. The summed E-state index contributed by atoms with van der Waals surface area (Å²) in [6, 6.07) is 23.4. The predicted octanol–water partition coefficient (Wildman–Crippen LogP) is 8.80. The number of carbonyl (C=O) groups is 3. The van der Waals surface area contributed by atoms with E-state index in [-0.39, 0.29) is 53.2 Å². The molecule has 0 bridgehead atoms. The van der Waals surface area contributed by atoms with Gasteiger partial charge >= 0.3 is 0 Å². The SMILES string of the molecule is CCc1ccncc1-c1cc2cc(NC(=O)C3CC3C#N)ncc2c(N)n1.CCc1ccncc1-c1cc2cc(NC(=O)[C@@H]3C[C@@H]3C#N)ncc2c(N)n1.CCc1ccncc1-c1cc2cc(NC(=O)[C@@H]3C[C@H]3C#N)ncc2c(N)n1. The Morgan fingerprint density at radius 1 is 0.469 bits per heavy atom. The molecule has 3 fully saturated rings. The first-order valence-corrected chi connectivity index (χ1v) is 26.4. The lowest BCUT2D eigenvalue weighted by molar-refractivity contribution is -0.118. The fourth-order valence-corrected chi connectivity index (χ4v) is 9.57. The summed E-state index contributed by atoms with van der Waals surface area (Å²) in [7, 11) is 0. The highest BCUT2D eigenvalue weighted by molar-refractivity contribution is 6.01. The van der Waals surface area contributed by atoms with E-state index in [9.17, 15) is 14.4 Å². The number of aryl methyl sites for hydroxylation is 3. The van der Waals surface area contributed by atoms with Gasteiger partial charge in [-0.3, -0.25) is 29.3 Å². The molecule has 0 spiro atoms. The molecule has 9 heterocycles. The molecule has 0 aliphatic heterocycles. The highest BCUT2D eigenvalue weighted by atomic mass is 16.2. The zero-order valence-corrected chi connectivity index (χ0v) is 44.4. The maximum absolute atomic E-state index is 12.2. The average Bonchev–Trinajstić information content (AvgIpc) is 4.50. The van der Waals surface area contributed by atoms with Crippen molar-refractivity contribution in [2.45, 2.75) is 59.3 Å². The summed E-state index contributed by atoms with van der Waals surface area (Å²) in [5, 5.41) is 39.7. The predicted molar refractivity (Wildman–Crippen MR) is 307 cm³/mol. The van der Waals surface area contributed by atoms with E-state index in [0.29, 0.717) is 54.2 Å². The van der Waals surface area contributed by atoms with E-state index in [1.165, 1.54) is 0 Å². The van der Waals surface area contributed by atoms with Crippen molar-refractivity contribution < 1.29 is 14.4 Å². The van der Waals surface area contributed by atoms with Crippen molar-refractivity contribution in [3.8, 4) is 52.0 Å². The van der Waals surface area contributed by atoms with Gasteiger partial charge in [-0.2, -0.15) is 15.8 Å². The lowest BCUT2D eigenvalue weighted by Crippen LogP contribution is -2.15. The van der Waals surface area contributed by atoms with E-state index < -0.39 is 0 Å². The van der Waals surface area contributed by atoms with Gasteiger partial charge in [0.1, 0.15) is 34.9 Å². The molecule has 3 saturated carbocycles. The van der Waals surface area contributed by atoms with Crippen LogP contribution < -0.4 is 33.2 Å². The first-order chi connectivity index (χ1) is 39.3. The number of amides is 3. The van der Waals surface area contributed by atoms with Gasteiger partial charge in [0.25, 0.3) is 0 Å². The summed E-state index contributed by atoms with van der Waals surface area (Å²) < 4.78 is 0. The Hall–Kier alpha value is -10.6. The number of anilines is 6. The molecule has 0 aromatic carbocycles. The van der Waals surface area contributed by atoms with E-state index in [0.717, 1.165) is 102 Å². The molecule has 12 rings (SSSR count). The number of nitriles is 3. The number of hydrogen-bond donors (Lipinski definition) is 6. The van der Waals surface area contributed by atoms with Crippen molar-refractivity contribution >= 4 is 84.9 Å². The van der Waals surface area contributed by atoms with Crippen LogP contribution in [0.15, 0.2) is 110 Å². The third-order valence-corrected chi connectivity index (χ3v) is 14.6. The maximum atomic E-state index is 12.2. The Kier molecular flexibility index (Phi) is 15.4. The summed E-state index contributed by atoms with van der Waals surface area (Å²) in [6.07, 6.45) is 19.9. The van der Waals surface area contributed by atoms with Crippen molar-refractivity contribution in [3.05, 3.63) is 127 Å². The molecule has 2 unspecified atom stereocenters. The molecule has 9 N–H and O–H groups in total. The van der Waals surface area contributed by atoms with Crippen LogP contribution in [0.1, 0.15) is 56.7 Å². The highest BCUT2D eigenvalue weighted by Crippen LogP contribution is 2.41. The number of carbonyl (C=O) groups excluding carboxylic acids is 3. The van der Waals surface area contributed by atoms with Crippen LogP contribution in [-0.4, -0.2) is 62.6 Å². The van der Waals surface area contributed by atoms with Crippen molar-refractivity contribution in [2.75, 3.05) is 33.2 Å². The lowest BCUT2D eigenvalue weighted by Gasteiger charge is -2.10. The molecular weight excluding hydrogens is 1020 g/mol. The standard InChI is InChI=1S/3C20H18N6O/c3*1-2-11-3-4-23-9-15(11)17-6-12-7-18(24-10-16(12)19(22)25-17)26-20(27)14-5-13(14)8-21/h3*3-4,6-7,9-10,13-14H,2,5H2,1H3,(H2,22,25)(H,24,26,27)/t13-,14+;13-,14-;/m01./s1. The number of fused-ring (bicyclic) bond motifs is 3. The number of hydrogen-bond acceptors (Lipinski definition) is 18. The summed E-state index contributed by atoms with van der Waals surface area (Å²) in [5.74, 6) is 0.665. The number of nitrogens with zero attached hydrogens (tertiary/aromatic N) is 12. The van der Waals surface area contributed by atoms with Crippen LogP contribution in [0.4, 0.5) is 34.9 Å². The van der Waals surface area contributed by atoms with Gasteiger partial charge in [-0.1, -0.05) is 20.8 Å². The van der Waals surface area contributed by atoms with E-state index >= 15 is 0 Å². The summed E-state index contributed by atoms with van der Waals surface area (Å²) in [5.41, 5.74) is 26.8. The largest absolute Gasteiger partial charge is 0.383 e. The van der Waals surface area contributed by atoms with Gasteiger partial charge in [0.2, 0.25) is 17.7 Å². The average molecular weight is 1080 g/mol. The molecule has 21 heteroatoms. The van der Waals surface area contributed by atoms with Crippen LogP contribution in [0.25, 0.3) is 66.1 Å². The Bertz CT molecular complexity index is 3680. The molecule has 3 amide bonds. The third-order valence-electron chi connectivity index (χ3n) is 14.6. The molecular formula is C60H54N18O3. The minimum atomic E-state index is -0.243. The van der Waals surface area contributed by atoms with E-state index in [1.807, 2.05) is 36.4 Å². The number of rotatable bonds is 12. The summed E-state index contributed by atoms with van der Waals surface area (Å²) in [4.78, 5) is 75.4. The summed E-state index contributed by atoms with van der Waals surface area (Å²) in [6.45, 7) is 6.23. The Morgan fingerprint density at radius 3 is 1.00 bits per heavy atom. The van der Waals surface area contributed by atoms with Gasteiger partial charge in [-0.25, -0.2) is 29.9 Å². The topological polar surface area (TPSA) is 353 Å². The van der Waals surface area contributed by atoms with E-state index in [2.05, 4.69) is 99.8 Å². The molecule has 0 radical (unpaired) electrons. The first kappa shape index (κ1) is 53.8. The van der Waals surface area contributed by atoms with Gasteiger partial charge < -0.3 is 33.2 Å². The second-order valence-corrected chi connectivity index (χ2v) is 19.9. The number of aromatic nitrogens is 9.